The van der Waals surface area contributed by atoms with Crippen molar-refractivity contribution >= 4 is 17.3 Å². The highest BCUT2D eigenvalue weighted by molar-refractivity contribution is 5.63. The molecule has 0 spiro atoms. The Morgan fingerprint density at radius 1 is 0.875 bits per heavy atom. The summed E-state index contributed by atoms with van der Waals surface area (Å²) in [6, 6.07) is 18.6. The van der Waals surface area contributed by atoms with Crippen LogP contribution in [-0.2, 0) is 0 Å². The quantitative estimate of drug-likeness (QED) is 0.694. The Labute approximate surface area is 143 Å². The second kappa shape index (κ2) is 7.13. The van der Waals surface area contributed by atoms with Crippen LogP contribution in [0.15, 0.2) is 60.9 Å². The van der Waals surface area contributed by atoms with Crippen LogP contribution in [0.5, 0.6) is 0 Å². The van der Waals surface area contributed by atoms with Gasteiger partial charge >= 0.3 is 0 Å². The molecule has 0 aliphatic rings. The largest absolute Gasteiger partial charge is 0.363 e. The van der Waals surface area contributed by atoms with E-state index in [1.807, 2.05) is 30.3 Å². The predicted octanol–water partition coefficient (Wildman–Crippen LogP) is 5.01. The molecule has 122 valence electrons. The van der Waals surface area contributed by atoms with E-state index in [0.29, 0.717) is 0 Å². The molecule has 1 atom stereocenters. The van der Waals surface area contributed by atoms with Crippen molar-refractivity contribution in [1.82, 2.24) is 9.97 Å². The lowest BCUT2D eigenvalue weighted by molar-refractivity contribution is 0.872. The molecule has 0 saturated carbocycles. The van der Waals surface area contributed by atoms with Crippen LogP contribution in [0.2, 0.25) is 0 Å². The molecule has 0 fully saturated rings. The summed E-state index contributed by atoms with van der Waals surface area (Å²) in [5.74, 6) is 1.58. The first-order chi connectivity index (χ1) is 11.6. The zero-order valence-electron chi connectivity index (χ0n) is 14.2. The summed E-state index contributed by atoms with van der Waals surface area (Å²) in [5, 5.41) is 6.79. The van der Waals surface area contributed by atoms with Crippen LogP contribution in [-0.4, -0.2) is 9.97 Å². The molecule has 0 amide bonds. The molecule has 3 aromatic rings. The number of anilines is 3. The van der Waals surface area contributed by atoms with Gasteiger partial charge in [0.1, 0.15) is 18.0 Å². The number of aromatic nitrogens is 2. The standard InChI is InChI=1S/C20H22N4/c1-14-8-7-11-18(15(14)2)24-20-12-19(21-13-22-20)23-16(3)17-9-5-4-6-10-17/h4-13,16H,1-3H3,(H2,21,22,23,24). The van der Waals surface area contributed by atoms with Gasteiger partial charge in [-0.05, 0) is 43.5 Å². The van der Waals surface area contributed by atoms with E-state index in [1.165, 1.54) is 16.7 Å². The molecule has 0 aliphatic carbocycles. The SMILES string of the molecule is Cc1cccc(Nc2cc(NC(C)c3ccccc3)ncn2)c1C. The molecule has 0 radical (unpaired) electrons. The number of hydrogen-bond acceptors (Lipinski definition) is 4. The highest BCUT2D eigenvalue weighted by atomic mass is 15.1. The minimum absolute atomic E-state index is 0.176. The van der Waals surface area contributed by atoms with Gasteiger partial charge in [-0.1, -0.05) is 42.5 Å². The predicted molar refractivity (Wildman–Crippen MR) is 99.7 cm³/mol. The van der Waals surface area contributed by atoms with Gasteiger partial charge in [0.25, 0.3) is 0 Å². The van der Waals surface area contributed by atoms with E-state index in [4.69, 9.17) is 0 Å². The van der Waals surface area contributed by atoms with Crippen LogP contribution in [0, 0.1) is 13.8 Å². The maximum absolute atomic E-state index is 4.32. The van der Waals surface area contributed by atoms with Gasteiger partial charge in [-0.15, -0.1) is 0 Å². The molecule has 0 saturated heterocycles. The molecular weight excluding hydrogens is 296 g/mol. The molecule has 0 aliphatic heterocycles. The first-order valence-corrected chi connectivity index (χ1v) is 8.10. The molecule has 1 unspecified atom stereocenters. The average Bonchev–Trinajstić information content (AvgIpc) is 2.60. The molecule has 2 N–H and O–H groups in total. The van der Waals surface area contributed by atoms with Crippen LogP contribution < -0.4 is 10.6 Å². The number of nitrogens with one attached hydrogen (secondary N) is 2. The van der Waals surface area contributed by atoms with E-state index in [2.05, 4.69) is 65.6 Å². The fourth-order valence-electron chi connectivity index (χ4n) is 2.58. The monoisotopic (exact) mass is 318 g/mol. The smallest absolute Gasteiger partial charge is 0.135 e. The first kappa shape index (κ1) is 16.0. The van der Waals surface area contributed by atoms with Crippen molar-refractivity contribution in [2.75, 3.05) is 10.6 Å². The number of aryl methyl sites for hydroxylation is 1. The van der Waals surface area contributed by atoms with Crippen molar-refractivity contribution in [2.45, 2.75) is 26.8 Å². The molecular formula is C20H22N4. The van der Waals surface area contributed by atoms with E-state index in [-0.39, 0.29) is 6.04 Å². The van der Waals surface area contributed by atoms with Gasteiger partial charge in [-0.2, -0.15) is 0 Å². The summed E-state index contributed by atoms with van der Waals surface area (Å²) in [5.41, 5.74) is 4.77. The molecule has 1 aromatic heterocycles. The maximum Gasteiger partial charge on any atom is 0.135 e. The zero-order valence-corrected chi connectivity index (χ0v) is 14.2. The lowest BCUT2D eigenvalue weighted by atomic mass is 10.1. The van der Waals surface area contributed by atoms with E-state index in [9.17, 15) is 0 Å². The van der Waals surface area contributed by atoms with E-state index < -0.39 is 0 Å². The minimum Gasteiger partial charge on any atom is -0.363 e. The second-order valence-corrected chi connectivity index (χ2v) is 5.94. The Balaban J connectivity index is 1.76. The normalized spacial score (nSPS) is 11.8. The lowest BCUT2D eigenvalue weighted by Crippen LogP contribution is -2.08. The van der Waals surface area contributed by atoms with Gasteiger partial charge < -0.3 is 10.6 Å². The van der Waals surface area contributed by atoms with Gasteiger partial charge in [0.05, 0.1) is 0 Å². The molecule has 1 heterocycles. The van der Waals surface area contributed by atoms with Crippen molar-refractivity contribution in [2.24, 2.45) is 0 Å². The third kappa shape index (κ3) is 3.71. The zero-order chi connectivity index (χ0) is 16.9. The molecule has 24 heavy (non-hydrogen) atoms. The van der Waals surface area contributed by atoms with Crippen LogP contribution >= 0.6 is 0 Å². The first-order valence-electron chi connectivity index (χ1n) is 8.10. The number of benzene rings is 2. The van der Waals surface area contributed by atoms with Crippen LogP contribution in [0.1, 0.15) is 29.7 Å². The van der Waals surface area contributed by atoms with Crippen LogP contribution in [0.3, 0.4) is 0 Å². The maximum atomic E-state index is 4.32. The minimum atomic E-state index is 0.176. The summed E-state index contributed by atoms with van der Waals surface area (Å²) >= 11 is 0. The Kier molecular flexibility index (Phi) is 4.75. The molecule has 4 nitrogen and oxygen atoms in total. The van der Waals surface area contributed by atoms with Gasteiger partial charge in [0, 0.05) is 17.8 Å². The highest BCUT2D eigenvalue weighted by Gasteiger charge is 2.07. The van der Waals surface area contributed by atoms with Crippen molar-refractivity contribution < 1.29 is 0 Å². The summed E-state index contributed by atoms with van der Waals surface area (Å²) in [6.07, 6.45) is 1.58. The molecule has 4 heteroatoms. The van der Waals surface area contributed by atoms with Crippen molar-refractivity contribution in [3.8, 4) is 0 Å². The average molecular weight is 318 g/mol. The Bertz CT molecular complexity index is 815. The van der Waals surface area contributed by atoms with Crippen LogP contribution in [0.25, 0.3) is 0 Å². The van der Waals surface area contributed by atoms with Crippen molar-refractivity contribution in [1.29, 1.82) is 0 Å². The van der Waals surface area contributed by atoms with Crippen LogP contribution in [0.4, 0.5) is 17.3 Å². The number of rotatable bonds is 5. The molecule has 2 aromatic carbocycles. The Morgan fingerprint density at radius 3 is 2.42 bits per heavy atom. The topological polar surface area (TPSA) is 49.8 Å². The van der Waals surface area contributed by atoms with Gasteiger partial charge in [0.15, 0.2) is 0 Å². The Morgan fingerprint density at radius 2 is 1.62 bits per heavy atom. The van der Waals surface area contributed by atoms with Gasteiger partial charge in [0.2, 0.25) is 0 Å². The van der Waals surface area contributed by atoms with E-state index >= 15 is 0 Å². The fourth-order valence-corrected chi connectivity index (χ4v) is 2.58. The third-order valence-electron chi connectivity index (χ3n) is 4.20. The Hall–Kier alpha value is -2.88. The summed E-state index contributed by atoms with van der Waals surface area (Å²) in [4.78, 5) is 8.65. The van der Waals surface area contributed by atoms with E-state index in [1.54, 1.807) is 6.33 Å². The molecule has 0 bridgehead atoms. The highest BCUT2D eigenvalue weighted by Crippen LogP contribution is 2.23. The third-order valence-corrected chi connectivity index (χ3v) is 4.20. The van der Waals surface area contributed by atoms with Crippen molar-refractivity contribution in [3.05, 3.63) is 77.6 Å². The molecule has 3 rings (SSSR count). The number of nitrogens with zero attached hydrogens (tertiary/aromatic N) is 2. The number of hydrogen-bond donors (Lipinski definition) is 2. The fraction of sp³-hybridized carbons (Fsp3) is 0.200. The summed E-state index contributed by atoms with van der Waals surface area (Å²) < 4.78 is 0. The summed E-state index contributed by atoms with van der Waals surface area (Å²) in [6.45, 7) is 6.33. The van der Waals surface area contributed by atoms with Gasteiger partial charge in [-0.3, -0.25) is 0 Å². The van der Waals surface area contributed by atoms with Crippen molar-refractivity contribution in [3.63, 3.8) is 0 Å². The van der Waals surface area contributed by atoms with Gasteiger partial charge in [-0.25, -0.2) is 9.97 Å². The second-order valence-electron chi connectivity index (χ2n) is 5.94. The summed E-state index contributed by atoms with van der Waals surface area (Å²) in [7, 11) is 0. The lowest BCUT2D eigenvalue weighted by Gasteiger charge is -2.16. The van der Waals surface area contributed by atoms with E-state index in [0.717, 1.165) is 17.3 Å².